The van der Waals surface area contributed by atoms with Crippen LogP contribution in [0, 0.1) is 0 Å². The number of carbonyl (C=O) groups excluding carboxylic acids is 3. The van der Waals surface area contributed by atoms with E-state index in [1.54, 1.807) is 26.2 Å². The lowest BCUT2D eigenvalue weighted by Gasteiger charge is -2.19. The quantitative estimate of drug-likeness (QED) is 0.572. The van der Waals surface area contributed by atoms with E-state index in [4.69, 9.17) is 9.47 Å². The second-order valence-corrected chi connectivity index (χ2v) is 6.13. The van der Waals surface area contributed by atoms with E-state index in [1.807, 2.05) is 30.3 Å². The van der Waals surface area contributed by atoms with Crippen LogP contribution in [0.15, 0.2) is 41.3 Å². The van der Waals surface area contributed by atoms with Crippen molar-refractivity contribution in [3.05, 3.63) is 46.9 Å². The van der Waals surface area contributed by atoms with Crippen LogP contribution in [0.2, 0.25) is 0 Å². The Kier molecular flexibility index (Phi) is 6.41. The van der Waals surface area contributed by atoms with Crippen LogP contribution in [0.1, 0.15) is 19.4 Å². The zero-order valence-electron chi connectivity index (χ0n) is 14.2. The summed E-state index contributed by atoms with van der Waals surface area (Å²) in [7, 11) is 1.60. The maximum Gasteiger partial charge on any atom is 0.329 e. The molecule has 2 rings (SSSR count). The number of nitrogens with zero attached hydrogens (tertiary/aromatic N) is 1. The van der Waals surface area contributed by atoms with Gasteiger partial charge in [-0.25, -0.2) is 4.79 Å². The molecule has 1 saturated heterocycles. The maximum atomic E-state index is 12.3. The number of carbonyl (C=O) groups is 3. The summed E-state index contributed by atoms with van der Waals surface area (Å²) < 4.78 is 9.95. The Balaban J connectivity index is 2.08. The Labute approximate surface area is 150 Å². The summed E-state index contributed by atoms with van der Waals surface area (Å²) in [5.74, 6) is -0.332. The topological polar surface area (TPSA) is 72.9 Å². The third kappa shape index (κ3) is 4.51. The van der Waals surface area contributed by atoms with Crippen LogP contribution >= 0.6 is 11.8 Å². The number of thioether (sulfide) groups is 1. The Hall–Kier alpha value is -2.54. The normalized spacial score (nSPS) is 17.4. The molecular weight excluding hydrogens is 342 g/mol. The van der Waals surface area contributed by atoms with E-state index >= 15 is 0 Å². The summed E-state index contributed by atoms with van der Waals surface area (Å²) >= 11 is 0.806. The Morgan fingerprint density at radius 1 is 1.28 bits per heavy atom. The fourth-order valence-corrected chi connectivity index (χ4v) is 3.02. The monoisotopic (exact) mass is 361 g/mol. The molecule has 0 bridgehead atoms. The van der Waals surface area contributed by atoms with Gasteiger partial charge in [0, 0.05) is 0 Å². The van der Waals surface area contributed by atoms with Crippen LogP contribution in [0.3, 0.4) is 0 Å². The first-order valence-electron chi connectivity index (χ1n) is 7.72. The summed E-state index contributed by atoms with van der Waals surface area (Å²) in [6, 6.07) is 6.46. The third-order valence-corrected chi connectivity index (χ3v) is 4.39. The van der Waals surface area contributed by atoms with Gasteiger partial charge in [0.15, 0.2) is 0 Å². The highest BCUT2D eigenvalue weighted by Crippen LogP contribution is 2.32. The van der Waals surface area contributed by atoms with Gasteiger partial charge >= 0.3 is 5.97 Å². The summed E-state index contributed by atoms with van der Waals surface area (Å²) in [6.07, 6.45) is 5.06. The van der Waals surface area contributed by atoms with Gasteiger partial charge in [0.2, 0.25) is 0 Å². The van der Waals surface area contributed by atoms with E-state index in [0.29, 0.717) is 0 Å². The molecule has 1 aliphatic heterocycles. The molecule has 6 nitrogen and oxygen atoms in total. The molecule has 0 unspecified atom stereocenters. The lowest BCUT2D eigenvalue weighted by molar-refractivity contribution is -0.150. The standard InChI is InChI=1S/C18H19NO5S/c1-4-24-17(21)12(2)19-16(20)15(25-18(19)22)7-5-6-13-8-10-14(23-3)11-9-13/h5-12H,4H2,1-3H3/b6-5+,15-7+/t12-/m0/s1. The minimum atomic E-state index is -0.941. The van der Waals surface area contributed by atoms with Crippen LogP contribution < -0.4 is 4.74 Å². The number of hydrogen-bond donors (Lipinski definition) is 0. The molecule has 25 heavy (non-hydrogen) atoms. The van der Waals surface area contributed by atoms with Gasteiger partial charge in [-0.05, 0) is 49.4 Å². The number of allylic oxidation sites excluding steroid dienone is 2. The Morgan fingerprint density at radius 2 is 1.96 bits per heavy atom. The van der Waals surface area contributed by atoms with Gasteiger partial charge in [0.05, 0.1) is 18.6 Å². The molecule has 132 valence electrons. The number of rotatable bonds is 6. The molecule has 1 atom stereocenters. The second kappa shape index (κ2) is 8.53. The highest BCUT2D eigenvalue weighted by atomic mass is 32.2. The predicted molar refractivity (Wildman–Crippen MR) is 96.0 cm³/mol. The van der Waals surface area contributed by atoms with Gasteiger partial charge < -0.3 is 9.47 Å². The molecule has 1 fully saturated rings. The molecule has 1 aromatic carbocycles. The molecule has 1 heterocycles. The van der Waals surface area contributed by atoms with Crippen molar-refractivity contribution in [1.82, 2.24) is 4.90 Å². The van der Waals surface area contributed by atoms with E-state index in [9.17, 15) is 14.4 Å². The molecule has 0 aromatic heterocycles. The van der Waals surface area contributed by atoms with E-state index in [1.165, 1.54) is 6.92 Å². The minimum Gasteiger partial charge on any atom is -0.497 e. The van der Waals surface area contributed by atoms with Crippen molar-refractivity contribution in [3.63, 3.8) is 0 Å². The van der Waals surface area contributed by atoms with Gasteiger partial charge in [-0.2, -0.15) is 0 Å². The first-order valence-corrected chi connectivity index (χ1v) is 8.54. The smallest absolute Gasteiger partial charge is 0.329 e. The molecule has 0 N–H and O–H groups in total. The third-order valence-electron chi connectivity index (χ3n) is 3.49. The van der Waals surface area contributed by atoms with Crippen LogP contribution in [-0.2, 0) is 14.3 Å². The van der Waals surface area contributed by atoms with Crippen molar-refractivity contribution in [2.75, 3.05) is 13.7 Å². The van der Waals surface area contributed by atoms with Crippen molar-refractivity contribution in [1.29, 1.82) is 0 Å². The molecule has 0 spiro atoms. The van der Waals surface area contributed by atoms with Crippen molar-refractivity contribution in [3.8, 4) is 5.75 Å². The molecule has 1 aromatic rings. The van der Waals surface area contributed by atoms with Gasteiger partial charge in [-0.3, -0.25) is 14.5 Å². The van der Waals surface area contributed by atoms with Gasteiger partial charge in [0.1, 0.15) is 11.8 Å². The van der Waals surface area contributed by atoms with Gasteiger partial charge in [-0.1, -0.05) is 24.3 Å². The summed E-state index contributed by atoms with van der Waals surface area (Å²) in [5.41, 5.74) is 0.927. The van der Waals surface area contributed by atoms with Gasteiger partial charge in [0.25, 0.3) is 11.1 Å². The molecule has 0 saturated carbocycles. The fraction of sp³-hybridized carbons (Fsp3) is 0.278. The minimum absolute atomic E-state index is 0.194. The van der Waals surface area contributed by atoms with Gasteiger partial charge in [-0.15, -0.1) is 0 Å². The SMILES string of the molecule is CCOC(=O)[C@H](C)N1C(=O)S/C(=C/C=C/c2ccc(OC)cc2)C1=O. The first-order chi connectivity index (χ1) is 12.0. The number of ether oxygens (including phenoxy) is 2. The van der Waals surface area contributed by atoms with Crippen LogP contribution in [0.5, 0.6) is 5.75 Å². The molecular formula is C18H19NO5S. The number of esters is 1. The number of hydrogen-bond acceptors (Lipinski definition) is 6. The maximum absolute atomic E-state index is 12.3. The van der Waals surface area contributed by atoms with Crippen molar-refractivity contribution < 1.29 is 23.9 Å². The molecule has 2 amide bonds. The number of imide groups is 1. The van der Waals surface area contributed by atoms with E-state index in [0.717, 1.165) is 28.0 Å². The fourth-order valence-electron chi connectivity index (χ4n) is 2.16. The second-order valence-electron chi connectivity index (χ2n) is 5.13. The summed E-state index contributed by atoms with van der Waals surface area (Å²) in [5, 5.41) is -0.477. The Morgan fingerprint density at radius 3 is 2.56 bits per heavy atom. The zero-order valence-corrected chi connectivity index (χ0v) is 15.0. The number of benzene rings is 1. The zero-order chi connectivity index (χ0) is 18.4. The largest absolute Gasteiger partial charge is 0.497 e. The summed E-state index contributed by atoms with van der Waals surface area (Å²) in [6.45, 7) is 3.34. The van der Waals surface area contributed by atoms with Crippen molar-refractivity contribution >= 4 is 35.0 Å². The molecule has 7 heteroatoms. The van der Waals surface area contributed by atoms with Crippen LogP contribution in [-0.4, -0.2) is 41.8 Å². The lowest BCUT2D eigenvalue weighted by Crippen LogP contribution is -2.42. The highest BCUT2D eigenvalue weighted by Gasteiger charge is 2.41. The predicted octanol–water partition coefficient (Wildman–Crippen LogP) is 3.24. The summed E-state index contributed by atoms with van der Waals surface area (Å²) in [4.78, 5) is 37.3. The molecule has 1 aliphatic rings. The van der Waals surface area contributed by atoms with E-state index in [2.05, 4.69) is 0 Å². The Bertz CT molecular complexity index is 723. The first kappa shape index (κ1) is 18.8. The van der Waals surface area contributed by atoms with E-state index < -0.39 is 23.2 Å². The highest BCUT2D eigenvalue weighted by molar-refractivity contribution is 8.18. The van der Waals surface area contributed by atoms with Crippen molar-refractivity contribution in [2.24, 2.45) is 0 Å². The van der Waals surface area contributed by atoms with Crippen molar-refractivity contribution in [2.45, 2.75) is 19.9 Å². The number of amides is 2. The van der Waals surface area contributed by atoms with Crippen LogP contribution in [0.25, 0.3) is 6.08 Å². The average Bonchev–Trinajstić information content (AvgIpc) is 2.89. The lowest BCUT2D eigenvalue weighted by atomic mass is 10.2. The van der Waals surface area contributed by atoms with E-state index in [-0.39, 0.29) is 11.5 Å². The average molecular weight is 361 g/mol. The molecule has 0 radical (unpaired) electrons. The molecule has 0 aliphatic carbocycles. The number of methoxy groups -OCH3 is 1. The van der Waals surface area contributed by atoms with Crippen LogP contribution in [0.4, 0.5) is 4.79 Å².